The maximum Gasteiger partial charge on any atom is 0.136 e. The number of fused-ring (bicyclic) bond motifs is 1. The number of carbonyl (C=O) groups is 1. The molecule has 2 fully saturated rings. The first kappa shape index (κ1) is 7.33. The minimum atomic E-state index is 0.412. The molecule has 2 atom stereocenters. The van der Waals surface area contributed by atoms with Gasteiger partial charge in [-0.1, -0.05) is 13.3 Å². The molecule has 62 valence electrons. The summed E-state index contributed by atoms with van der Waals surface area (Å²) < 4.78 is 0. The Morgan fingerprint density at radius 1 is 1.36 bits per heavy atom. The van der Waals surface area contributed by atoms with Crippen molar-refractivity contribution in [1.82, 2.24) is 0 Å². The Hall–Kier alpha value is -0.330. The molecule has 0 heterocycles. The zero-order valence-corrected chi connectivity index (χ0v) is 7.23. The third-order valence-corrected chi connectivity index (χ3v) is 3.64. The average Bonchev–Trinajstić information content (AvgIpc) is 2.31. The van der Waals surface area contributed by atoms with Crippen molar-refractivity contribution in [3.05, 3.63) is 0 Å². The summed E-state index contributed by atoms with van der Waals surface area (Å²) >= 11 is 0. The van der Waals surface area contributed by atoms with Crippen molar-refractivity contribution in [2.75, 3.05) is 0 Å². The van der Waals surface area contributed by atoms with Crippen LogP contribution in [-0.4, -0.2) is 5.78 Å². The van der Waals surface area contributed by atoms with Gasteiger partial charge in [-0.2, -0.15) is 0 Å². The minimum Gasteiger partial charge on any atom is -0.299 e. The van der Waals surface area contributed by atoms with Gasteiger partial charge in [0.2, 0.25) is 0 Å². The predicted octanol–water partition coefficient (Wildman–Crippen LogP) is 2.55. The van der Waals surface area contributed by atoms with E-state index in [4.69, 9.17) is 0 Å². The normalized spacial score (nSPS) is 44.1. The standard InChI is InChI=1S/C10H16O/c1-10-6-2-4-8(10)9(11)5-3-7-10/h8H,2-7H2,1H3. The van der Waals surface area contributed by atoms with Gasteiger partial charge in [-0.05, 0) is 31.1 Å². The summed E-state index contributed by atoms with van der Waals surface area (Å²) in [6.07, 6.45) is 7.06. The number of hydrogen-bond donors (Lipinski definition) is 0. The summed E-state index contributed by atoms with van der Waals surface area (Å²) in [5.41, 5.74) is 0.412. The van der Waals surface area contributed by atoms with Crippen molar-refractivity contribution in [3.8, 4) is 0 Å². The highest BCUT2D eigenvalue weighted by Gasteiger charge is 2.44. The van der Waals surface area contributed by atoms with E-state index in [0.717, 1.165) is 12.8 Å². The van der Waals surface area contributed by atoms with E-state index in [0.29, 0.717) is 17.1 Å². The monoisotopic (exact) mass is 152 g/mol. The SMILES string of the molecule is CC12CCCC(=O)C1CCC2. The van der Waals surface area contributed by atoms with Crippen molar-refractivity contribution in [3.63, 3.8) is 0 Å². The Kier molecular flexibility index (Phi) is 1.55. The summed E-state index contributed by atoms with van der Waals surface area (Å²) in [5.74, 6) is 0.993. The van der Waals surface area contributed by atoms with E-state index in [2.05, 4.69) is 6.92 Å². The fourth-order valence-electron chi connectivity index (χ4n) is 2.92. The molecule has 0 saturated heterocycles. The van der Waals surface area contributed by atoms with Crippen molar-refractivity contribution in [2.45, 2.75) is 45.4 Å². The van der Waals surface area contributed by atoms with Gasteiger partial charge in [-0.15, -0.1) is 0 Å². The highest BCUT2D eigenvalue weighted by molar-refractivity contribution is 5.82. The molecular weight excluding hydrogens is 136 g/mol. The molecule has 0 aromatic rings. The van der Waals surface area contributed by atoms with Crippen LogP contribution in [0.5, 0.6) is 0 Å². The zero-order chi connectivity index (χ0) is 7.90. The first-order valence-electron chi connectivity index (χ1n) is 4.75. The van der Waals surface area contributed by atoms with Gasteiger partial charge in [0.05, 0.1) is 0 Å². The van der Waals surface area contributed by atoms with Gasteiger partial charge in [0.1, 0.15) is 5.78 Å². The molecule has 0 spiro atoms. The second kappa shape index (κ2) is 2.33. The Morgan fingerprint density at radius 2 is 2.09 bits per heavy atom. The van der Waals surface area contributed by atoms with Crippen LogP contribution in [0.25, 0.3) is 0 Å². The molecule has 0 aromatic heterocycles. The second-order valence-corrected chi connectivity index (χ2v) is 4.42. The van der Waals surface area contributed by atoms with E-state index >= 15 is 0 Å². The molecule has 0 radical (unpaired) electrons. The van der Waals surface area contributed by atoms with Gasteiger partial charge >= 0.3 is 0 Å². The van der Waals surface area contributed by atoms with Crippen molar-refractivity contribution in [1.29, 1.82) is 0 Å². The summed E-state index contributed by atoms with van der Waals surface area (Å²) in [5, 5.41) is 0. The van der Waals surface area contributed by atoms with E-state index < -0.39 is 0 Å². The van der Waals surface area contributed by atoms with Gasteiger partial charge in [0, 0.05) is 12.3 Å². The van der Waals surface area contributed by atoms with Crippen molar-refractivity contribution in [2.24, 2.45) is 11.3 Å². The Bertz CT molecular complexity index is 185. The van der Waals surface area contributed by atoms with Crippen LogP contribution in [0.1, 0.15) is 45.4 Å². The second-order valence-electron chi connectivity index (χ2n) is 4.42. The molecule has 0 bridgehead atoms. The Morgan fingerprint density at radius 3 is 2.82 bits per heavy atom. The lowest BCUT2D eigenvalue weighted by atomic mass is 9.69. The number of rotatable bonds is 0. The van der Waals surface area contributed by atoms with Crippen LogP contribution in [0.2, 0.25) is 0 Å². The predicted molar refractivity (Wildman–Crippen MR) is 44.3 cm³/mol. The van der Waals surface area contributed by atoms with Crippen LogP contribution in [0.4, 0.5) is 0 Å². The van der Waals surface area contributed by atoms with Crippen LogP contribution >= 0.6 is 0 Å². The molecule has 2 aliphatic rings. The van der Waals surface area contributed by atoms with E-state index in [1.165, 1.54) is 25.7 Å². The highest BCUT2D eigenvalue weighted by Crippen LogP contribution is 2.50. The highest BCUT2D eigenvalue weighted by atomic mass is 16.1. The summed E-state index contributed by atoms with van der Waals surface area (Å²) in [6, 6.07) is 0. The van der Waals surface area contributed by atoms with Gasteiger partial charge in [-0.3, -0.25) is 4.79 Å². The van der Waals surface area contributed by atoms with Crippen LogP contribution < -0.4 is 0 Å². The van der Waals surface area contributed by atoms with Gasteiger partial charge in [0.25, 0.3) is 0 Å². The van der Waals surface area contributed by atoms with Gasteiger partial charge in [-0.25, -0.2) is 0 Å². The molecule has 1 nitrogen and oxygen atoms in total. The number of ketones is 1. The molecule has 11 heavy (non-hydrogen) atoms. The minimum absolute atomic E-state index is 0.412. The van der Waals surface area contributed by atoms with Crippen molar-refractivity contribution < 1.29 is 4.79 Å². The third kappa shape index (κ3) is 1.02. The fourth-order valence-corrected chi connectivity index (χ4v) is 2.92. The molecule has 2 unspecified atom stereocenters. The zero-order valence-electron chi connectivity index (χ0n) is 7.23. The smallest absolute Gasteiger partial charge is 0.136 e. The van der Waals surface area contributed by atoms with E-state index in [1.807, 2.05) is 0 Å². The lowest BCUT2D eigenvalue weighted by molar-refractivity contribution is -0.128. The molecular formula is C10H16O. The van der Waals surface area contributed by atoms with Crippen LogP contribution in [0, 0.1) is 11.3 Å². The molecule has 0 aromatic carbocycles. The van der Waals surface area contributed by atoms with E-state index in [1.54, 1.807) is 0 Å². The summed E-state index contributed by atoms with van der Waals surface area (Å²) in [4.78, 5) is 11.5. The topological polar surface area (TPSA) is 17.1 Å². The maximum absolute atomic E-state index is 11.5. The molecule has 0 aliphatic heterocycles. The van der Waals surface area contributed by atoms with E-state index in [9.17, 15) is 4.79 Å². The molecule has 2 aliphatic carbocycles. The number of hydrogen-bond acceptors (Lipinski definition) is 1. The Labute approximate surface area is 68.2 Å². The number of carbonyl (C=O) groups excluding carboxylic acids is 1. The van der Waals surface area contributed by atoms with Gasteiger partial charge < -0.3 is 0 Å². The first-order chi connectivity index (χ1) is 5.22. The fraction of sp³-hybridized carbons (Fsp3) is 0.900. The first-order valence-corrected chi connectivity index (χ1v) is 4.75. The lowest BCUT2D eigenvalue weighted by Crippen LogP contribution is -2.32. The molecule has 0 N–H and O–H groups in total. The van der Waals surface area contributed by atoms with Crippen molar-refractivity contribution >= 4 is 5.78 Å². The summed E-state index contributed by atoms with van der Waals surface area (Å²) in [6.45, 7) is 2.31. The molecule has 1 heteroatoms. The lowest BCUT2D eigenvalue weighted by Gasteiger charge is -2.34. The van der Waals surface area contributed by atoms with Crippen LogP contribution in [-0.2, 0) is 4.79 Å². The average molecular weight is 152 g/mol. The molecule has 0 amide bonds. The summed E-state index contributed by atoms with van der Waals surface area (Å²) in [7, 11) is 0. The number of Topliss-reactive ketones (excluding diaryl/α,β-unsaturated/α-hetero) is 1. The maximum atomic E-state index is 11.5. The molecule has 2 saturated carbocycles. The molecule has 2 rings (SSSR count). The Balaban J connectivity index is 2.22. The third-order valence-electron chi connectivity index (χ3n) is 3.64. The van der Waals surface area contributed by atoms with Crippen LogP contribution in [0.3, 0.4) is 0 Å². The quantitative estimate of drug-likeness (QED) is 0.521. The largest absolute Gasteiger partial charge is 0.299 e. The van der Waals surface area contributed by atoms with Gasteiger partial charge in [0.15, 0.2) is 0 Å². The van der Waals surface area contributed by atoms with E-state index in [-0.39, 0.29) is 0 Å². The van der Waals surface area contributed by atoms with Crippen LogP contribution in [0.15, 0.2) is 0 Å².